The van der Waals surface area contributed by atoms with Crippen molar-refractivity contribution >= 4 is 39.1 Å². The molecule has 1 aromatic heterocycles. The number of hydrogen-bond acceptors (Lipinski definition) is 8. The number of fused-ring (bicyclic) bond motifs is 4. The van der Waals surface area contributed by atoms with E-state index in [-0.39, 0.29) is 62.4 Å². The lowest BCUT2D eigenvalue weighted by atomic mass is 9.95. The van der Waals surface area contributed by atoms with Gasteiger partial charge in [0, 0.05) is 66.2 Å². The van der Waals surface area contributed by atoms with E-state index in [1.165, 1.54) is 18.2 Å². The first kappa shape index (κ1) is 30.3. The van der Waals surface area contributed by atoms with Crippen LogP contribution in [0, 0.1) is 17.5 Å². The van der Waals surface area contributed by atoms with E-state index in [1.54, 1.807) is 6.07 Å². The molecule has 4 heterocycles. The van der Waals surface area contributed by atoms with Crippen LogP contribution in [0.3, 0.4) is 0 Å². The van der Waals surface area contributed by atoms with E-state index in [0.29, 0.717) is 50.0 Å². The van der Waals surface area contributed by atoms with Gasteiger partial charge in [0.1, 0.15) is 17.1 Å². The fraction of sp³-hybridized carbons (Fsp3) is 0.455. The van der Waals surface area contributed by atoms with Gasteiger partial charge in [-0.2, -0.15) is 9.97 Å². The van der Waals surface area contributed by atoms with Gasteiger partial charge in [-0.1, -0.05) is 17.7 Å². The molecule has 2 N–H and O–H groups in total. The zero-order chi connectivity index (χ0) is 31.4. The van der Waals surface area contributed by atoms with E-state index in [1.807, 2.05) is 0 Å². The molecule has 4 atom stereocenters. The SMILES string of the molecule is CC1CN(CCCOc2nc(N3CC4CCC(C3)N4)c3cc(Cl)c(-c4cc(O)cc5ccc(F)c(F)c45)c(F)c3n2)C(C)CO1. The first-order chi connectivity index (χ1) is 21.7. The van der Waals surface area contributed by atoms with E-state index >= 15 is 8.78 Å². The third-order valence-corrected chi connectivity index (χ3v) is 9.48. The summed E-state index contributed by atoms with van der Waals surface area (Å²) in [6.45, 7) is 8.19. The number of aromatic nitrogens is 2. The molecule has 7 rings (SSSR count). The highest BCUT2D eigenvalue weighted by atomic mass is 35.5. The number of halogens is 4. The van der Waals surface area contributed by atoms with Crippen LogP contribution < -0.4 is 15.0 Å². The minimum Gasteiger partial charge on any atom is -0.508 e. The molecule has 0 aliphatic carbocycles. The van der Waals surface area contributed by atoms with Crippen molar-refractivity contribution in [2.45, 2.75) is 57.3 Å². The lowest BCUT2D eigenvalue weighted by molar-refractivity contribution is -0.0503. The van der Waals surface area contributed by atoms with Crippen molar-refractivity contribution in [1.82, 2.24) is 20.2 Å². The van der Waals surface area contributed by atoms with Crippen molar-refractivity contribution in [3.63, 3.8) is 0 Å². The summed E-state index contributed by atoms with van der Waals surface area (Å²) in [5, 5.41) is 14.4. The predicted molar refractivity (Wildman–Crippen MR) is 168 cm³/mol. The Hall–Kier alpha value is -3.38. The summed E-state index contributed by atoms with van der Waals surface area (Å²) in [7, 11) is 0. The van der Waals surface area contributed by atoms with Crippen molar-refractivity contribution in [3.05, 3.63) is 52.8 Å². The zero-order valence-electron chi connectivity index (χ0n) is 25.1. The normalized spacial score (nSPS) is 23.7. The Kier molecular flexibility index (Phi) is 8.14. The number of anilines is 1. The van der Waals surface area contributed by atoms with Crippen LogP contribution in [-0.4, -0.2) is 83.6 Å². The smallest absolute Gasteiger partial charge is 0.319 e. The van der Waals surface area contributed by atoms with Crippen LogP contribution in [0.5, 0.6) is 11.8 Å². The molecule has 0 spiro atoms. The number of nitrogens with one attached hydrogen (secondary N) is 1. The van der Waals surface area contributed by atoms with E-state index in [4.69, 9.17) is 26.1 Å². The molecule has 3 saturated heterocycles. The van der Waals surface area contributed by atoms with Crippen molar-refractivity contribution < 1.29 is 27.8 Å². The number of benzene rings is 3. The van der Waals surface area contributed by atoms with E-state index in [9.17, 15) is 9.50 Å². The molecule has 3 aromatic carbocycles. The predicted octanol–water partition coefficient (Wildman–Crippen LogP) is 6.05. The average molecular weight is 642 g/mol. The van der Waals surface area contributed by atoms with E-state index in [0.717, 1.165) is 32.0 Å². The van der Waals surface area contributed by atoms with Crippen LogP contribution in [0.1, 0.15) is 33.1 Å². The summed E-state index contributed by atoms with van der Waals surface area (Å²) in [6, 6.07) is 7.22. The topological polar surface area (TPSA) is 83.0 Å². The molecule has 238 valence electrons. The summed E-state index contributed by atoms with van der Waals surface area (Å²) in [4.78, 5) is 13.7. The zero-order valence-corrected chi connectivity index (χ0v) is 25.9. The molecule has 45 heavy (non-hydrogen) atoms. The van der Waals surface area contributed by atoms with Gasteiger partial charge in [-0.25, -0.2) is 13.2 Å². The third kappa shape index (κ3) is 5.75. The Bertz CT molecular complexity index is 1770. The van der Waals surface area contributed by atoms with Crippen molar-refractivity contribution in [3.8, 4) is 22.9 Å². The minimum absolute atomic E-state index is 0.0249. The van der Waals surface area contributed by atoms with E-state index in [2.05, 4.69) is 33.9 Å². The van der Waals surface area contributed by atoms with Gasteiger partial charge >= 0.3 is 6.01 Å². The van der Waals surface area contributed by atoms with Crippen LogP contribution in [0.4, 0.5) is 19.0 Å². The second kappa shape index (κ2) is 12.1. The molecule has 12 heteroatoms. The van der Waals surface area contributed by atoms with Crippen LogP contribution in [-0.2, 0) is 4.74 Å². The molecule has 3 aliphatic heterocycles. The number of ether oxygens (including phenoxy) is 2. The maximum Gasteiger partial charge on any atom is 0.319 e. The van der Waals surface area contributed by atoms with Gasteiger partial charge in [0.05, 0.1) is 24.3 Å². The number of phenolic OH excluding ortho intramolecular Hbond substituents is 1. The van der Waals surface area contributed by atoms with Gasteiger partial charge in [0.2, 0.25) is 0 Å². The third-order valence-electron chi connectivity index (χ3n) is 9.18. The van der Waals surface area contributed by atoms with Gasteiger partial charge in [0.15, 0.2) is 17.5 Å². The molecule has 0 radical (unpaired) electrons. The fourth-order valence-electron chi connectivity index (χ4n) is 6.97. The largest absolute Gasteiger partial charge is 0.508 e. The number of rotatable bonds is 7. The van der Waals surface area contributed by atoms with Crippen LogP contribution in [0.25, 0.3) is 32.8 Å². The number of morpholine rings is 1. The highest BCUT2D eigenvalue weighted by molar-refractivity contribution is 6.35. The lowest BCUT2D eigenvalue weighted by Gasteiger charge is -2.36. The van der Waals surface area contributed by atoms with Crippen LogP contribution in [0.15, 0.2) is 30.3 Å². The lowest BCUT2D eigenvalue weighted by Crippen LogP contribution is -2.51. The Morgan fingerprint density at radius 2 is 1.82 bits per heavy atom. The monoisotopic (exact) mass is 641 g/mol. The number of nitrogens with zero attached hydrogens (tertiary/aromatic N) is 4. The summed E-state index contributed by atoms with van der Waals surface area (Å²) >= 11 is 6.74. The van der Waals surface area contributed by atoms with Gasteiger partial charge < -0.3 is 24.8 Å². The Morgan fingerprint density at radius 3 is 2.60 bits per heavy atom. The second-order valence-corrected chi connectivity index (χ2v) is 12.9. The first-order valence-corrected chi connectivity index (χ1v) is 15.8. The van der Waals surface area contributed by atoms with E-state index < -0.39 is 17.5 Å². The Morgan fingerprint density at radius 1 is 1.04 bits per heavy atom. The molecular formula is C33H35ClF3N5O3. The molecule has 4 unspecified atom stereocenters. The maximum absolute atomic E-state index is 16.7. The number of phenols is 1. The quantitative estimate of drug-likeness (QED) is 0.236. The highest BCUT2D eigenvalue weighted by Crippen LogP contribution is 2.43. The number of piperazine rings is 1. The molecule has 3 fully saturated rings. The molecule has 4 aromatic rings. The van der Waals surface area contributed by atoms with Gasteiger partial charge in [-0.3, -0.25) is 4.90 Å². The first-order valence-electron chi connectivity index (χ1n) is 15.5. The average Bonchev–Trinajstić information content (AvgIpc) is 3.35. The summed E-state index contributed by atoms with van der Waals surface area (Å²) < 4.78 is 58.0. The Balaban J connectivity index is 1.29. The van der Waals surface area contributed by atoms with Gasteiger partial charge in [-0.05, 0) is 62.8 Å². The molecule has 3 aliphatic rings. The number of aromatic hydroxyl groups is 1. The summed E-state index contributed by atoms with van der Waals surface area (Å²) in [5.41, 5.74) is -0.326. The van der Waals surface area contributed by atoms with Crippen molar-refractivity contribution in [1.29, 1.82) is 0 Å². The Labute approximate surface area is 264 Å². The van der Waals surface area contributed by atoms with Gasteiger partial charge in [-0.15, -0.1) is 0 Å². The van der Waals surface area contributed by atoms with Gasteiger partial charge in [0.25, 0.3) is 0 Å². The highest BCUT2D eigenvalue weighted by Gasteiger charge is 2.34. The van der Waals surface area contributed by atoms with Crippen LogP contribution >= 0.6 is 11.6 Å². The molecular weight excluding hydrogens is 607 g/mol. The van der Waals surface area contributed by atoms with Crippen molar-refractivity contribution in [2.24, 2.45) is 0 Å². The van der Waals surface area contributed by atoms with Crippen LogP contribution in [0.2, 0.25) is 5.02 Å². The summed E-state index contributed by atoms with van der Waals surface area (Å²) in [5.74, 6) is -2.83. The summed E-state index contributed by atoms with van der Waals surface area (Å²) in [6.07, 6.45) is 2.95. The molecule has 0 amide bonds. The standard InChI is InChI=1S/C33H35ClF3N5O3/c1-17-16-45-18(2)13-41(17)8-3-9-44-33-39-31-24(32(40-33)42-14-20-5-6-21(15-42)38-20)12-25(34)28(30(31)37)23-11-22(43)10-19-4-7-26(35)29(36)27(19)23/h4,7,10-12,17-18,20-21,38,43H,3,5-6,8-9,13-16H2,1-2H3. The molecule has 0 saturated carbocycles. The molecule has 8 nitrogen and oxygen atoms in total. The molecule has 2 bridgehead atoms. The second-order valence-electron chi connectivity index (χ2n) is 12.5. The van der Waals surface area contributed by atoms with Crippen molar-refractivity contribution in [2.75, 3.05) is 44.3 Å². The number of hydrogen-bond donors (Lipinski definition) is 2. The fourth-order valence-corrected chi connectivity index (χ4v) is 7.27. The maximum atomic E-state index is 16.7. The minimum atomic E-state index is -1.16.